The van der Waals surface area contributed by atoms with Gasteiger partial charge in [0.05, 0.1) is 37.1 Å². The number of aromatic nitrogens is 2. The topological polar surface area (TPSA) is 95.2 Å². The number of carbonyl (C=O) groups excluding carboxylic acids is 1. The average molecular weight is 649 g/mol. The molecule has 0 aliphatic heterocycles. The van der Waals surface area contributed by atoms with Crippen LogP contribution in [0.1, 0.15) is 41.8 Å². The number of amides is 1. The summed E-state index contributed by atoms with van der Waals surface area (Å²) in [6.45, 7) is 4.36. The number of methoxy groups -OCH3 is 1. The highest BCUT2D eigenvalue weighted by atomic mass is 32.1. The summed E-state index contributed by atoms with van der Waals surface area (Å²) in [5.74, 6) is 0.315. The van der Waals surface area contributed by atoms with Crippen LogP contribution in [-0.2, 0) is 30.5 Å². The molecular weight excluding hydrogens is 613 g/mol. The molecule has 8 nitrogen and oxygen atoms in total. The number of alkyl halides is 3. The molecule has 0 saturated heterocycles. The summed E-state index contributed by atoms with van der Waals surface area (Å²) in [7, 11) is 1.55. The molecule has 4 aromatic rings. The number of halogens is 3. The van der Waals surface area contributed by atoms with Crippen molar-refractivity contribution in [3.05, 3.63) is 113 Å². The third kappa shape index (κ3) is 9.31. The van der Waals surface area contributed by atoms with Crippen LogP contribution in [-0.4, -0.2) is 45.2 Å². The number of imidazole rings is 1. The number of benzene rings is 3. The predicted molar refractivity (Wildman–Crippen MR) is 174 cm³/mol. The van der Waals surface area contributed by atoms with E-state index in [4.69, 9.17) is 22.2 Å². The van der Waals surface area contributed by atoms with Crippen molar-refractivity contribution in [3.8, 4) is 11.8 Å². The van der Waals surface area contributed by atoms with E-state index in [1.165, 1.54) is 12.1 Å². The molecule has 0 unspecified atom stereocenters. The maximum atomic E-state index is 13.9. The lowest BCUT2D eigenvalue weighted by atomic mass is 10.0. The molecule has 0 radical (unpaired) electrons. The summed E-state index contributed by atoms with van der Waals surface area (Å²) in [5.41, 5.74) is 2.16. The van der Waals surface area contributed by atoms with Crippen molar-refractivity contribution in [2.75, 3.05) is 19.0 Å². The number of hydrogen-bond acceptors (Lipinski definition) is 5. The second-order valence-electron chi connectivity index (χ2n) is 11.1. The molecule has 3 aromatic carbocycles. The maximum Gasteiger partial charge on any atom is 0.416 e. The molecule has 0 saturated carbocycles. The molecule has 1 atom stereocenters. The Labute approximate surface area is 271 Å². The van der Waals surface area contributed by atoms with Crippen LogP contribution in [0.25, 0.3) is 0 Å². The number of thiocarbonyl (C=S) groups is 1. The van der Waals surface area contributed by atoms with Crippen molar-refractivity contribution >= 4 is 28.9 Å². The van der Waals surface area contributed by atoms with Gasteiger partial charge < -0.3 is 24.8 Å². The quantitative estimate of drug-likeness (QED) is 0.172. The van der Waals surface area contributed by atoms with Crippen LogP contribution < -0.4 is 15.4 Å². The van der Waals surface area contributed by atoms with Gasteiger partial charge in [-0.05, 0) is 71.7 Å². The number of nitrogens with one attached hydrogen (secondary N) is 2. The van der Waals surface area contributed by atoms with E-state index >= 15 is 0 Å². The fraction of sp³-hybridized carbons (Fsp3) is 0.294. The van der Waals surface area contributed by atoms with Gasteiger partial charge in [-0.15, -0.1) is 0 Å². The molecule has 0 aliphatic rings. The van der Waals surface area contributed by atoms with Crippen molar-refractivity contribution in [2.45, 2.75) is 45.6 Å². The molecule has 0 fully saturated rings. The van der Waals surface area contributed by atoms with Gasteiger partial charge in [0.25, 0.3) is 0 Å². The highest BCUT2D eigenvalue weighted by Gasteiger charge is 2.34. The Morgan fingerprint density at radius 2 is 1.78 bits per heavy atom. The van der Waals surface area contributed by atoms with Gasteiger partial charge in [-0.3, -0.25) is 4.79 Å². The van der Waals surface area contributed by atoms with Crippen molar-refractivity contribution in [1.82, 2.24) is 19.8 Å². The third-order valence-corrected chi connectivity index (χ3v) is 7.82. The summed E-state index contributed by atoms with van der Waals surface area (Å²) < 4.78 is 48.8. The largest absolute Gasteiger partial charge is 0.497 e. The van der Waals surface area contributed by atoms with E-state index in [0.29, 0.717) is 29.2 Å². The Bertz CT molecular complexity index is 1660. The fourth-order valence-electron chi connectivity index (χ4n) is 4.84. The molecule has 46 heavy (non-hydrogen) atoms. The maximum absolute atomic E-state index is 13.9. The molecule has 0 aliphatic carbocycles. The lowest BCUT2D eigenvalue weighted by Crippen LogP contribution is -2.49. The van der Waals surface area contributed by atoms with Crippen LogP contribution in [0.4, 0.5) is 18.9 Å². The van der Waals surface area contributed by atoms with Crippen LogP contribution in [0.2, 0.25) is 0 Å². The van der Waals surface area contributed by atoms with Gasteiger partial charge in [0.1, 0.15) is 5.75 Å². The summed E-state index contributed by atoms with van der Waals surface area (Å²) in [6, 6.07) is 21.2. The first-order valence-corrected chi connectivity index (χ1v) is 15.0. The number of hydrogen-bond donors (Lipinski definition) is 2. The number of nitrogens with zero attached hydrogens (tertiary/aromatic N) is 4. The molecule has 1 heterocycles. The molecule has 12 heteroatoms. The third-order valence-electron chi connectivity index (χ3n) is 7.46. The predicted octanol–water partition coefficient (Wildman–Crippen LogP) is 6.41. The van der Waals surface area contributed by atoms with Crippen molar-refractivity contribution in [2.24, 2.45) is 5.92 Å². The van der Waals surface area contributed by atoms with Gasteiger partial charge in [0, 0.05) is 43.3 Å². The molecule has 4 rings (SSSR count). The van der Waals surface area contributed by atoms with E-state index in [1.54, 1.807) is 67.0 Å². The highest BCUT2D eigenvalue weighted by Crippen LogP contribution is 2.32. The van der Waals surface area contributed by atoms with Gasteiger partial charge in [0.2, 0.25) is 5.91 Å². The minimum absolute atomic E-state index is 0.0466. The van der Waals surface area contributed by atoms with Gasteiger partial charge in [-0.25, -0.2) is 4.98 Å². The lowest BCUT2D eigenvalue weighted by Gasteiger charge is -2.33. The summed E-state index contributed by atoms with van der Waals surface area (Å²) >= 11 is 5.72. The first kappa shape index (κ1) is 34.0. The summed E-state index contributed by atoms with van der Waals surface area (Å²) in [5, 5.41) is 15.5. The SMILES string of the molecule is COc1ccc(NC(=S)N(Cc2ccccc2C(F)(F)F)C[C@@H](NC(=O)Cc2cncn2Cc2ccc(C#N)cc2)C(C)C)cc1. The van der Waals surface area contributed by atoms with Crippen molar-refractivity contribution in [3.63, 3.8) is 0 Å². The molecule has 1 aromatic heterocycles. The normalized spacial score (nSPS) is 11.9. The van der Waals surface area contributed by atoms with Crippen LogP contribution in [0.3, 0.4) is 0 Å². The van der Waals surface area contributed by atoms with Crippen LogP contribution in [0, 0.1) is 17.2 Å². The number of ether oxygens (including phenoxy) is 1. The van der Waals surface area contributed by atoms with E-state index in [1.807, 2.05) is 30.5 Å². The number of rotatable bonds is 12. The Balaban J connectivity index is 1.52. The molecule has 2 N–H and O–H groups in total. The molecule has 0 spiro atoms. The lowest BCUT2D eigenvalue weighted by molar-refractivity contribution is -0.138. The van der Waals surface area contributed by atoms with Crippen molar-refractivity contribution < 1.29 is 22.7 Å². The van der Waals surface area contributed by atoms with Crippen LogP contribution in [0.15, 0.2) is 85.3 Å². The van der Waals surface area contributed by atoms with Gasteiger partial charge in [0.15, 0.2) is 5.11 Å². The zero-order chi connectivity index (χ0) is 33.3. The first-order chi connectivity index (χ1) is 22.0. The molecular formula is C34H35F3N6O2S. The Kier molecular flexibility index (Phi) is 11.4. The smallest absolute Gasteiger partial charge is 0.416 e. The Hall–Kier alpha value is -4.89. The Morgan fingerprint density at radius 1 is 1.09 bits per heavy atom. The zero-order valence-electron chi connectivity index (χ0n) is 25.7. The monoisotopic (exact) mass is 648 g/mol. The molecule has 1 amide bonds. The first-order valence-electron chi connectivity index (χ1n) is 14.6. The minimum atomic E-state index is -4.54. The molecule has 0 bridgehead atoms. The van der Waals surface area contributed by atoms with Crippen molar-refractivity contribution in [1.29, 1.82) is 5.26 Å². The number of carbonyl (C=O) groups is 1. The van der Waals surface area contributed by atoms with Gasteiger partial charge in [-0.2, -0.15) is 18.4 Å². The van der Waals surface area contributed by atoms with E-state index in [2.05, 4.69) is 21.7 Å². The van der Waals surface area contributed by atoms with E-state index in [0.717, 1.165) is 11.6 Å². The zero-order valence-corrected chi connectivity index (χ0v) is 26.5. The van der Waals surface area contributed by atoms with E-state index in [9.17, 15) is 18.0 Å². The summed E-state index contributed by atoms with van der Waals surface area (Å²) in [4.78, 5) is 19.2. The highest BCUT2D eigenvalue weighted by molar-refractivity contribution is 7.80. The second-order valence-corrected chi connectivity index (χ2v) is 11.5. The fourth-order valence-corrected chi connectivity index (χ4v) is 5.10. The van der Waals surface area contributed by atoms with E-state index in [-0.39, 0.29) is 42.0 Å². The second kappa shape index (κ2) is 15.4. The minimum Gasteiger partial charge on any atom is -0.497 e. The van der Waals surface area contributed by atoms with Gasteiger partial charge in [-0.1, -0.05) is 44.2 Å². The van der Waals surface area contributed by atoms with Crippen LogP contribution >= 0.6 is 12.2 Å². The number of anilines is 1. The Morgan fingerprint density at radius 3 is 2.41 bits per heavy atom. The number of nitriles is 1. The standard InChI is InChI=1S/C34H35F3N6O2S/c1-23(2)31(41-32(44)16-28-18-39-22-43(28)19-25-10-8-24(17-38)9-11-25)21-42(20-26-6-4-5-7-30(26)34(35,36)37)33(46)40-27-12-14-29(45-3)15-13-27/h4-15,18,22-23,31H,16,19-21H2,1-3H3,(H,40,46)(H,41,44)/t31-/m1/s1. The van der Waals surface area contributed by atoms with Crippen LogP contribution in [0.5, 0.6) is 5.75 Å². The summed E-state index contributed by atoms with van der Waals surface area (Å²) in [6.07, 6.45) is -1.23. The van der Waals surface area contributed by atoms with Gasteiger partial charge >= 0.3 is 6.18 Å². The average Bonchev–Trinajstić information content (AvgIpc) is 3.46. The molecule has 240 valence electrons. The van der Waals surface area contributed by atoms with E-state index < -0.39 is 17.8 Å².